The van der Waals surface area contributed by atoms with E-state index >= 15 is 0 Å². The van der Waals surface area contributed by atoms with Crippen molar-refractivity contribution in [2.75, 3.05) is 6.61 Å². The maximum Gasteiger partial charge on any atom is 0.347 e. The molecule has 0 aliphatic carbocycles. The van der Waals surface area contributed by atoms with Crippen molar-refractivity contribution < 1.29 is 19.2 Å². The number of ether oxygens (including phenoxy) is 2. The van der Waals surface area contributed by atoms with E-state index in [-0.39, 0.29) is 11.4 Å². The van der Waals surface area contributed by atoms with Gasteiger partial charge in [0.05, 0.1) is 11.5 Å². The first-order chi connectivity index (χ1) is 9.68. The first kappa shape index (κ1) is 17.9. The highest BCUT2D eigenvalue weighted by Crippen LogP contribution is 2.28. The number of hydrogen-bond donors (Lipinski definition) is 0. The maximum absolute atomic E-state index is 11.1. The van der Waals surface area contributed by atoms with Gasteiger partial charge in [-0.25, -0.2) is 4.79 Å². The van der Waals surface area contributed by atoms with Crippen molar-refractivity contribution in [3.63, 3.8) is 0 Å². The second-order valence-electron chi connectivity index (χ2n) is 3.29. The summed E-state index contributed by atoms with van der Waals surface area (Å²) in [6.45, 7) is 8.30. The Morgan fingerprint density at radius 1 is 1.25 bits per heavy atom. The van der Waals surface area contributed by atoms with E-state index in [4.69, 9.17) is 9.47 Å². The number of nitro groups is 1. The first-order valence-corrected chi connectivity index (χ1v) is 6.75. The number of para-hydroxylation sites is 2. The summed E-state index contributed by atoms with van der Waals surface area (Å²) >= 11 is 0. The van der Waals surface area contributed by atoms with Crippen LogP contribution in [0, 0.1) is 10.1 Å². The Morgan fingerprint density at radius 2 is 1.85 bits per heavy atom. The smallest absolute Gasteiger partial charge is 0.347 e. The van der Waals surface area contributed by atoms with Crippen LogP contribution in [0.25, 0.3) is 0 Å². The molecule has 1 heterocycles. The van der Waals surface area contributed by atoms with Crippen LogP contribution in [0.4, 0.5) is 5.69 Å². The van der Waals surface area contributed by atoms with Gasteiger partial charge < -0.3 is 9.47 Å². The lowest BCUT2D eigenvalue weighted by atomic mass is 10.2. The van der Waals surface area contributed by atoms with Crippen molar-refractivity contribution in [2.45, 2.75) is 40.2 Å². The zero-order valence-corrected chi connectivity index (χ0v) is 12.3. The Hall–Kier alpha value is -2.11. The van der Waals surface area contributed by atoms with Gasteiger partial charge in [0.15, 0.2) is 11.9 Å². The van der Waals surface area contributed by atoms with Gasteiger partial charge >= 0.3 is 11.7 Å². The number of carbonyl (C=O) groups excluding carboxylic acids is 1. The van der Waals surface area contributed by atoms with Crippen LogP contribution in [0.15, 0.2) is 24.3 Å². The zero-order valence-electron chi connectivity index (χ0n) is 12.3. The number of nitrogens with zero attached hydrogens (tertiary/aromatic N) is 1. The molecule has 0 N–H and O–H groups in total. The molecule has 2 rings (SSSR count). The lowest BCUT2D eigenvalue weighted by molar-refractivity contribution is -0.386. The summed E-state index contributed by atoms with van der Waals surface area (Å²) in [6, 6.07) is 5.94. The summed E-state index contributed by atoms with van der Waals surface area (Å²) < 4.78 is 9.97. The number of rotatable bonds is 3. The van der Waals surface area contributed by atoms with Crippen LogP contribution in [0.1, 0.15) is 34.1 Å². The minimum absolute atomic E-state index is 0.0938. The SMILES string of the molecule is CC.CC.O=C1OCCC1Oc1ccccc1[N+](=O)[O-]. The van der Waals surface area contributed by atoms with Gasteiger partial charge in [-0.3, -0.25) is 10.1 Å². The first-order valence-electron chi connectivity index (χ1n) is 6.75. The lowest BCUT2D eigenvalue weighted by Gasteiger charge is -2.09. The Morgan fingerprint density at radius 3 is 2.35 bits per heavy atom. The quantitative estimate of drug-likeness (QED) is 0.483. The minimum Gasteiger partial charge on any atom is -0.471 e. The fourth-order valence-corrected chi connectivity index (χ4v) is 1.45. The van der Waals surface area contributed by atoms with Crippen LogP contribution in [0.3, 0.4) is 0 Å². The number of benzene rings is 1. The highest BCUT2D eigenvalue weighted by atomic mass is 16.6. The largest absolute Gasteiger partial charge is 0.471 e. The Kier molecular flexibility index (Phi) is 8.74. The van der Waals surface area contributed by atoms with Gasteiger partial charge in [-0.2, -0.15) is 0 Å². The third kappa shape index (κ3) is 4.87. The van der Waals surface area contributed by atoms with Gasteiger partial charge in [-0.15, -0.1) is 0 Å². The minimum atomic E-state index is -0.735. The molecule has 6 heteroatoms. The summed E-state index contributed by atoms with van der Waals surface area (Å²) in [6.07, 6.45) is -0.314. The molecule has 112 valence electrons. The Labute approximate surface area is 118 Å². The van der Waals surface area contributed by atoms with Crippen molar-refractivity contribution in [2.24, 2.45) is 0 Å². The van der Waals surface area contributed by atoms with E-state index in [2.05, 4.69) is 0 Å². The summed E-state index contributed by atoms with van der Waals surface area (Å²) in [5.74, 6) is -0.380. The molecule has 1 saturated heterocycles. The summed E-state index contributed by atoms with van der Waals surface area (Å²) in [4.78, 5) is 21.3. The van der Waals surface area contributed by atoms with E-state index in [9.17, 15) is 14.9 Å². The Bertz CT molecular complexity index is 433. The molecular weight excluding hydrogens is 262 g/mol. The van der Waals surface area contributed by atoms with Gasteiger partial charge in [0.2, 0.25) is 0 Å². The molecule has 6 nitrogen and oxygen atoms in total. The van der Waals surface area contributed by atoms with Crippen molar-refractivity contribution >= 4 is 11.7 Å². The number of hydrogen-bond acceptors (Lipinski definition) is 5. The van der Waals surface area contributed by atoms with Gasteiger partial charge in [-0.1, -0.05) is 39.8 Å². The maximum atomic E-state index is 11.1. The molecule has 1 unspecified atom stereocenters. The molecule has 1 atom stereocenters. The van der Waals surface area contributed by atoms with Crippen LogP contribution >= 0.6 is 0 Å². The van der Waals surface area contributed by atoms with Crippen LogP contribution in [-0.4, -0.2) is 23.6 Å². The van der Waals surface area contributed by atoms with Crippen molar-refractivity contribution in [3.8, 4) is 5.75 Å². The second-order valence-corrected chi connectivity index (χ2v) is 3.29. The molecule has 0 amide bonds. The van der Waals surface area contributed by atoms with E-state index in [1.807, 2.05) is 27.7 Å². The normalized spacial score (nSPS) is 16.0. The average molecular weight is 283 g/mol. The summed E-state index contributed by atoms with van der Waals surface area (Å²) in [5.41, 5.74) is -0.151. The van der Waals surface area contributed by atoms with Crippen LogP contribution < -0.4 is 4.74 Å². The molecule has 0 radical (unpaired) electrons. The summed E-state index contributed by atoms with van der Waals surface area (Å²) in [7, 11) is 0. The standard InChI is InChI=1S/C10H9NO5.2C2H6/c12-10-9(5-6-15-10)16-8-4-2-1-3-7(8)11(13)14;2*1-2/h1-4,9H,5-6H2;2*1-2H3. The summed E-state index contributed by atoms with van der Waals surface area (Å²) in [5, 5.41) is 10.7. The van der Waals surface area contributed by atoms with E-state index in [0.29, 0.717) is 13.0 Å². The van der Waals surface area contributed by atoms with Gasteiger partial charge in [0, 0.05) is 12.5 Å². The zero-order chi connectivity index (χ0) is 15.5. The topological polar surface area (TPSA) is 78.7 Å². The van der Waals surface area contributed by atoms with E-state index < -0.39 is 17.0 Å². The molecule has 20 heavy (non-hydrogen) atoms. The molecule has 1 aromatic carbocycles. The van der Waals surface area contributed by atoms with Crippen molar-refractivity contribution in [1.82, 2.24) is 0 Å². The predicted octanol–water partition coefficient (Wildman–Crippen LogP) is 3.34. The highest BCUT2D eigenvalue weighted by molar-refractivity contribution is 5.77. The fourth-order valence-electron chi connectivity index (χ4n) is 1.45. The number of carbonyl (C=O) groups is 1. The van der Waals surface area contributed by atoms with Crippen molar-refractivity contribution in [3.05, 3.63) is 34.4 Å². The molecule has 0 aromatic heterocycles. The third-order valence-electron chi connectivity index (χ3n) is 2.22. The second kappa shape index (κ2) is 9.77. The molecule has 0 spiro atoms. The molecule has 1 fully saturated rings. The number of cyclic esters (lactones) is 1. The van der Waals surface area contributed by atoms with Gasteiger partial charge in [0.25, 0.3) is 0 Å². The van der Waals surface area contributed by atoms with Crippen LogP contribution in [0.2, 0.25) is 0 Å². The van der Waals surface area contributed by atoms with Crippen LogP contribution in [-0.2, 0) is 9.53 Å². The van der Waals surface area contributed by atoms with E-state index in [0.717, 1.165) is 0 Å². The molecule has 1 aliphatic rings. The van der Waals surface area contributed by atoms with Gasteiger partial charge in [0.1, 0.15) is 0 Å². The predicted molar refractivity (Wildman–Crippen MR) is 75.8 cm³/mol. The van der Waals surface area contributed by atoms with Crippen LogP contribution in [0.5, 0.6) is 5.75 Å². The molecule has 1 aliphatic heterocycles. The average Bonchev–Trinajstić information content (AvgIpc) is 2.89. The van der Waals surface area contributed by atoms with E-state index in [1.54, 1.807) is 6.07 Å². The fraction of sp³-hybridized carbons (Fsp3) is 0.500. The molecule has 1 aromatic rings. The third-order valence-corrected chi connectivity index (χ3v) is 2.22. The molecular formula is C14H21NO5. The number of nitro benzene ring substituents is 1. The highest BCUT2D eigenvalue weighted by Gasteiger charge is 2.30. The lowest BCUT2D eigenvalue weighted by Crippen LogP contribution is -2.22. The Balaban J connectivity index is 0.000000829. The van der Waals surface area contributed by atoms with Gasteiger partial charge in [-0.05, 0) is 6.07 Å². The monoisotopic (exact) mass is 283 g/mol. The number of esters is 1. The molecule has 0 bridgehead atoms. The van der Waals surface area contributed by atoms with E-state index in [1.165, 1.54) is 18.2 Å². The molecule has 0 saturated carbocycles. The van der Waals surface area contributed by atoms with Crippen molar-refractivity contribution in [1.29, 1.82) is 0 Å².